The predicted molar refractivity (Wildman–Crippen MR) is 51.1 cm³/mol. The van der Waals surface area contributed by atoms with Crippen LogP contribution in [0.3, 0.4) is 0 Å². The second kappa shape index (κ2) is 7.15. The van der Waals surface area contributed by atoms with E-state index in [4.69, 9.17) is 27.4 Å². The average Bonchev–Trinajstić information content (AvgIpc) is 2.07. The first-order chi connectivity index (χ1) is 6.75. The van der Waals surface area contributed by atoms with Crippen LogP contribution in [-0.4, -0.2) is 81.1 Å². The molecule has 1 aliphatic heterocycles. The zero-order valence-corrected chi connectivity index (χ0v) is 11.1. The van der Waals surface area contributed by atoms with Crippen LogP contribution in [-0.2, 0) is 15.1 Å². The molecular weight excluding hydrogens is 239 g/mol. The summed E-state index contributed by atoms with van der Waals surface area (Å²) in [7, 11) is -4.67. The van der Waals surface area contributed by atoms with Crippen LogP contribution in [0.2, 0.25) is 3.17 Å². The molecule has 1 aliphatic rings. The minimum absolute atomic E-state index is 0.0469. The van der Waals surface area contributed by atoms with E-state index in [1.54, 1.807) is 0 Å². The molecule has 7 nitrogen and oxygen atoms in total. The first-order valence-corrected chi connectivity index (χ1v) is 6.91. The van der Waals surface area contributed by atoms with Crippen molar-refractivity contribution in [2.45, 2.75) is 21.8 Å². The number of aliphatic hydroxyl groups is 2. The standard InChI is InChI=1S/C6H11O3.Na.H2O4S/c7-4-6-3-5(8)1-2-9-6;;1-5(2,3)4/h3,5-8H,1-2,4H2;;(H2,1,2,3,4). The van der Waals surface area contributed by atoms with Crippen LogP contribution in [0.1, 0.15) is 6.42 Å². The van der Waals surface area contributed by atoms with Gasteiger partial charge < -0.3 is 0 Å². The zero-order chi connectivity index (χ0) is 12.1. The van der Waals surface area contributed by atoms with Crippen LogP contribution in [0.5, 0.6) is 0 Å². The van der Waals surface area contributed by atoms with Gasteiger partial charge in [-0.2, -0.15) is 8.42 Å². The van der Waals surface area contributed by atoms with Crippen molar-refractivity contribution in [3.63, 3.8) is 0 Å². The van der Waals surface area contributed by atoms with Gasteiger partial charge in [0.1, 0.15) is 0 Å². The van der Waals surface area contributed by atoms with E-state index in [1.807, 2.05) is 0 Å². The molecule has 0 aromatic rings. The molecule has 0 radical (unpaired) electrons. The molecule has 9 heteroatoms. The number of hydrogen-bond donors (Lipinski definition) is 4. The van der Waals surface area contributed by atoms with Crippen LogP contribution in [0.25, 0.3) is 0 Å². The third-order valence-electron chi connectivity index (χ3n) is 2.12. The summed E-state index contributed by atoms with van der Waals surface area (Å²) in [4.78, 5) is 0. The van der Waals surface area contributed by atoms with Crippen molar-refractivity contribution in [1.82, 2.24) is 0 Å². The molecule has 0 amide bonds. The number of rotatable bonds is 1. The van der Waals surface area contributed by atoms with Gasteiger partial charge in [-0.1, -0.05) is 0 Å². The Morgan fingerprint density at radius 3 is 2.20 bits per heavy atom. The normalized spacial score (nSPS) is 31.7. The molecular formula is C6H13NaO7S. The minimum atomic E-state index is -4.67. The maximum atomic E-state index is 9.32. The third-order valence-corrected chi connectivity index (χ3v) is 3.63. The monoisotopic (exact) mass is 252 g/mol. The van der Waals surface area contributed by atoms with E-state index in [1.165, 1.54) is 0 Å². The molecule has 1 heterocycles. The molecule has 1 fully saturated rings. The third kappa shape index (κ3) is 8.55. The van der Waals surface area contributed by atoms with E-state index in [9.17, 15) is 5.11 Å². The van der Waals surface area contributed by atoms with E-state index >= 15 is 0 Å². The topological polar surface area (TPSA) is 124 Å². The fourth-order valence-electron chi connectivity index (χ4n) is 1.22. The van der Waals surface area contributed by atoms with Gasteiger partial charge in [0.2, 0.25) is 0 Å². The summed E-state index contributed by atoms with van der Waals surface area (Å²) in [6.45, 7) is 0.635. The van der Waals surface area contributed by atoms with Crippen molar-refractivity contribution < 1.29 is 32.5 Å². The number of aliphatic hydroxyl groups excluding tert-OH is 2. The Balaban J connectivity index is 0.000000336. The Kier molecular flexibility index (Phi) is 7.51. The molecule has 1 rings (SSSR count). The zero-order valence-electron chi connectivity index (χ0n) is 8.28. The Labute approximate surface area is 105 Å². The van der Waals surface area contributed by atoms with E-state index < -0.39 is 10.4 Å². The molecule has 86 valence electrons. The maximum absolute atomic E-state index is 9.32. The quantitative estimate of drug-likeness (QED) is 0.328. The molecule has 0 aromatic heterocycles. The van der Waals surface area contributed by atoms with Gasteiger partial charge in [-0.25, -0.2) is 0 Å². The molecule has 0 aromatic carbocycles. The van der Waals surface area contributed by atoms with Crippen LogP contribution < -0.4 is 0 Å². The molecule has 3 atom stereocenters. The Bertz CT molecular complexity index is 259. The fourth-order valence-corrected chi connectivity index (χ4v) is 1.96. The van der Waals surface area contributed by atoms with Gasteiger partial charge in [0.15, 0.2) is 0 Å². The summed E-state index contributed by atoms with van der Waals surface area (Å²) in [5, 5.41) is 18.1. The van der Waals surface area contributed by atoms with Crippen LogP contribution in [0.15, 0.2) is 0 Å². The molecule has 0 saturated carbocycles. The van der Waals surface area contributed by atoms with Crippen molar-refractivity contribution >= 4 is 38.3 Å². The first kappa shape index (κ1) is 15.8. The summed E-state index contributed by atoms with van der Waals surface area (Å²) in [6.07, 6.45) is 0.387. The molecule has 1 saturated heterocycles. The van der Waals surface area contributed by atoms with Crippen LogP contribution in [0, 0.1) is 0 Å². The van der Waals surface area contributed by atoms with Crippen LogP contribution >= 0.6 is 0 Å². The molecule has 3 unspecified atom stereocenters. The van der Waals surface area contributed by atoms with Crippen molar-refractivity contribution in [3.05, 3.63) is 0 Å². The summed E-state index contributed by atoms with van der Waals surface area (Å²) >= 11 is 0.892. The van der Waals surface area contributed by atoms with E-state index in [-0.39, 0.29) is 22.0 Å². The van der Waals surface area contributed by atoms with Crippen molar-refractivity contribution in [2.24, 2.45) is 0 Å². The average molecular weight is 252 g/mol. The Morgan fingerprint density at radius 2 is 1.87 bits per heavy atom. The molecule has 0 bridgehead atoms. The second-order valence-electron chi connectivity index (χ2n) is 3.25. The predicted octanol–water partition coefficient (Wildman–Crippen LogP) is -1.57. The van der Waals surface area contributed by atoms with Gasteiger partial charge in [-0.3, -0.25) is 9.11 Å². The van der Waals surface area contributed by atoms with Crippen molar-refractivity contribution in [3.8, 4) is 0 Å². The molecule has 4 N–H and O–H groups in total. The van der Waals surface area contributed by atoms with Gasteiger partial charge in [-0.15, -0.1) is 0 Å². The summed E-state index contributed by atoms with van der Waals surface area (Å²) < 4.78 is 37.0. The second-order valence-corrected chi connectivity index (χ2v) is 5.48. The van der Waals surface area contributed by atoms with Crippen molar-refractivity contribution in [1.29, 1.82) is 0 Å². The summed E-state index contributed by atoms with van der Waals surface area (Å²) in [5.41, 5.74) is 0. The van der Waals surface area contributed by atoms with Crippen LogP contribution in [0.4, 0.5) is 0 Å². The molecule has 0 aliphatic carbocycles. The van der Waals surface area contributed by atoms with Gasteiger partial charge in [0, 0.05) is 0 Å². The SMILES string of the molecule is O=S(=O)(O)O.OCC1OCCC(O)[CH]1[Na]. The number of hydrogen-bond acceptors (Lipinski definition) is 5. The fraction of sp³-hybridized carbons (Fsp3) is 1.00. The van der Waals surface area contributed by atoms with Gasteiger partial charge in [0.25, 0.3) is 0 Å². The van der Waals surface area contributed by atoms with Gasteiger partial charge in [-0.05, 0) is 0 Å². The Hall–Kier alpha value is 0.750. The van der Waals surface area contributed by atoms with Crippen molar-refractivity contribution in [2.75, 3.05) is 13.2 Å². The molecule has 15 heavy (non-hydrogen) atoms. The Morgan fingerprint density at radius 1 is 1.40 bits per heavy atom. The van der Waals surface area contributed by atoms with Gasteiger partial charge in [0.05, 0.1) is 0 Å². The number of ether oxygens (including phenoxy) is 1. The summed E-state index contributed by atoms with van der Waals surface area (Å²) in [5.74, 6) is 0. The molecule has 0 spiro atoms. The first-order valence-electron chi connectivity index (χ1n) is 4.36. The summed E-state index contributed by atoms with van der Waals surface area (Å²) in [6, 6.07) is 0. The van der Waals surface area contributed by atoms with E-state index in [0.717, 1.165) is 34.4 Å². The van der Waals surface area contributed by atoms with E-state index in [2.05, 4.69) is 0 Å². The van der Waals surface area contributed by atoms with Gasteiger partial charge >= 0.3 is 88.3 Å². The van der Waals surface area contributed by atoms with E-state index in [0.29, 0.717) is 6.61 Å².